The van der Waals surface area contributed by atoms with Crippen LogP contribution in [0.2, 0.25) is 0 Å². The maximum absolute atomic E-state index is 10.2. The average molecular weight is 251 g/mol. The van der Waals surface area contributed by atoms with Crippen LogP contribution < -0.4 is 15.2 Å². The predicted molar refractivity (Wildman–Crippen MR) is 70.1 cm³/mol. The van der Waals surface area contributed by atoms with Gasteiger partial charge in [-0.05, 0) is 36.5 Å². The summed E-state index contributed by atoms with van der Waals surface area (Å²) in [6.45, 7) is 0.438. The zero-order valence-electron chi connectivity index (χ0n) is 10.9. The minimum Gasteiger partial charge on any atom is -0.493 e. The summed E-state index contributed by atoms with van der Waals surface area (Å²) in [6.07, 6.45) is 1.85. The summed E-state index contributed by atoms with van der Waals surface area (Å²) in [4.78, 5) is 0. The summed E-state index contributed by atoms with van der Waals surface area (Å²) < 4.78 is 10.5. The van der Waals surface area contributed by atoms with Crippen LogP contribution in [-0.4, -0.2) is 32.0 Å². The van der Waals surface area contributed by atoms with Crippen molar-refractivity contribution < 1.29 is 14.6 Å². The number of ether oxygens (including phenoxy) is 2. The van der Waals surface area contributed by atoms with Gasteiger partial charge in [0.1, 0.15) is 0 Å². The second-order valence-electron chi connectivity index (χ2n) is 4.78. The fraction of sp³-hybridized carbons (Fsp3) is 0.571. The van der Waals surface area contributed by atoms with Gasteiger partial charge in [0.15, 0.2) is 11.5 Å². The van der Waals surface area contributed by atoms with Crippen molar-refractivity contribution in [2.75, 3.05) is 20.8 Å². The molecule has 0 radical (unpaired) electrons. The van der Waals surface area contributed by atoms with Crippen molar-refractivity contribution in [2.45, 2.75) is 24.9 Å². The van der Waals surface area contributed by atoms with Crippen LogP contribution in [0.4, 0.5) is 0 Å². The number of nitrogens with two attached hydrogens (primary N) is 1. The quantitative estimate of drug-likeness (QED) is 0.804. The summed E-state index contributed by atoms with van der Waals surface area (Å²) in [7, 11) is 3.22. The van der Waals surface area contributed by atoms with Crippen LogP contribution in [-0.2, 0) is 0 Å². The second kappa shape index (κ2) is 5.59. The van der Waals surface area contributed by atoms with E-state index in [0.29, 0.717) is 24.0 Å². The van der Waals surface area contributed by atoms with Crippen molar-refractivity contribution in [3.05, 3.63) is 23.8 Å². The molecule has 0 aliphatic heterocycles. The molecule has 1 aliphatic carbocycles. The molecule has 1 saturated carbocycles. The maximum Gasteiger partial charge on any atom is 0.160 e. The third-order valence-corrected chi connectivity index (χ3v) is 3.61. The van der Waals surface area contributed by atoms with Gasteiger partial charge in [-0.2, -0.15) is 0 Å². The Labute approximate surface area is 108 Å². The molecule has 18 heavy (non-hydrogen) atoms. The predicted octanol–water partition coefficient (Wildman–Crippen LogP) is 1.52. The van der Waals surface area contributed by atoms with Gasteiger partial charge in [0, 0.05) is 12.5 Å². The fourth-order valence-corrected chi connectivity index (χ4v) is 2.32. The molecular weight excluding hydrogens is 230 g/mol. The van der Waals surface area contributed by atoms with Gasteiger partial charge in [-0.15, -0.1) is 0 Å². The lowest BCUT2D eigenvalue weighted by Crippen LogP contribution is -2.27. The van der Waals surface area contributed by atoms with E-state index >= 15 is 0 Å². The molecule has 1 aromatic carbocycles. The first-order chi connectivity index (χ1) is 8.71. The molecule has 2 atom stereocenters. The van der Waals surface area contributed by atoms with E-state index in [0.717, 1.165) is 18.4 Å². The fourth-order valence-electron chi connectivity index (χ4n) is 2.32. The Balaban J connectivity index is 2.24. The number of aliphatic hydroxyl groups is 1. The first kappa shape index (κ1) is 13.2. The topological polar surface area (TPSA) is 64.7 Å². The monoisotopic (exact) mass is 251 g/mol. The van der Waals surface area contributed by atoms with Crippen LogP contribution in [0.3, 0.4) is 0 Å². The number of aliphatic hydroxyl groups excluding tert-OH is 1. The van der Waals surface area contributed by atoms with Crippen LogP contribution in [0.5, 0.6) is 11.5 Å². The van der Waals surface area contributed by atoms with Gasteiger partial charge in [0.05, 0.1) is 20.3 Å². The van der Waals surface area contributed by atoms with Crippen molar-refractivity contribution >= 4 is 0 Å². The Kier molecular flexibility index (Phi) is 4.09. The Morgan fingerprint density at radius 2 is 1.94 bits per heavy atom. The number of methoxy groups -OCH3 is 2. The zero-order valence-corrected chi connectivity index (χ0v) is 10.9. The Hall–Kier alpha value is -1.26. The smallest absolute Gasteiger partial charge is 0.160 e. The summed E-state index contributed by atoms with van der Waals surface area (Å²) in [6, 6.07) is 5.71. The molecule has 100 valence electrons. The highest BCUT2D eigenvalue weighted by molar-refractivity contribution is 5.44. The molecule has 0 spiro atoms. The molecule has 0 aromatic heterocycles. The van der Waals surface area contributed by atoms with Gasteiger partial charge < -0.3 is 20.3 Å². The molecule has 0 amide bonds. The van der Waals surface area contributed by atoms with Crippen LogP contribution >= 0.6 is 0 Å². The lowest BCUT2D eigenvalue weighted by molar-refractivity contribution is 0.123. The van der Waals surface area contributed by atoms with E-state index in [9.17, 15) is 5.11 Å². The van der Waals surface area contributed by atoms with Crippen molar-refractivity contribution in [2.24, 2.45) is 11.7 Å². The number of hydrogen-bond acceptors (Lipinski definition) is 4. The van der Waals surface area contributed by atoms with Crippen LogP contribution in [0.25, 0.3) is 0 Å². The van der Waals surface area contributed by atoms with E-state index in [2.05, 4.69) is 0 Å². The molecule has 2 rings (SSSR count). The van der Waals surface area contributed by atoms with E-state index in [1.165, 1.54) is 0 Å². The summed E-state index contributed by atoms with van der Waals surface area (Å²) in [5.74, 6) is 1.75. The molecule has 4 heteroatoms. The van der Waals surface area contributed by atoms with E-state index in [4.69, 9.17) is 15.2 Å². The lowest BCUT2D eigenvalue weighted by atomic mass is 9.90. The molecule has 1 aromatic rings. The average Bonchev–Trinajstić information content (AvgIpc) is 3.23. The Morgan fingerprint density at radius 3 is 2.44 bits per heavy atom. The normalized spacial score (nSPS) is 18.2. The molecule has 1 fully saturated rings. The van der Waals surface area contributed by atoms with Crippen LogP contribution in [0.15, 0.2) is 18.2 Å². The van der Waals surface area contributed by atoms with Gasteiger partial charge in [-0.1, -0.05) is 6.07 Å². The molecule has 4 nitrogen and oxygen atoms in total. The first-order valence-corrected chi connectivity index (χ1v) is 6.31. The SMILES string of the molecule is COc1ccc(C(CN)C(O)C2CC2)cc1OC. The molecule has 2 unspecified atom stereocenters. The molecular formula is C14H21NO3. The highest BCUT2D eigenvalue weighted by Crippen LogP contribution is 2.40. The zero-order chi connectivity index (χ0) is 13.1. The minimum absolute atomic E-state index is 0.0303. The first-order valence-electron chi connectivity index (χ1n) is 6.31. The van der Waals surface area contributed by atoms with Gasteiger partial charge in [-0.3, -0.25) is 0 Å². The number of hydrogen-bond donors (Lipinski definition) is 2. The summed E-state index contributed by atoms with van der Waals surface area (Å²) in [5.41, 5.74) is 6.81. The van der Waals surface area contributed by atoms with E-state index in [-0.39, 0.29) is 12.0 Å². The number of benzene rings is 1. The third kappa shape index (κ3) is 2.60. The van der Waals surface area contributed by atoms with Crippen LogP contribution in [0, 0.1) is 5.92 Å². The van der Waals surface area contributed by atoms with Gasteiger partial charge >= 0.3 is 0 Å². The Morgan fingerprint density at radius 1 is 1.28 bits per heavy atom. The highest BCUT2D eigenvalue weighted by Gasteiger charge is 2.35. The summed E-state index contributed by atoms with van der Waals surface area (Å²) >= 11 is 0. The lowest BCUT2D eigenvalue weighted by Gasteiger charge is -2.22. The third-order valence-electron chi connectivity index (χ3n) is 3.61. The van der Waals surface area contributed by atoms with E-state index in [1.54, 1.807) is 14.2 Å². The Bertz CT molecular complexity index is 404. The maximum atomic E-state index is 10.2. The van der Waals surface area contributed by atoms with Gasteiger partial charge in [0.25, 0.3) is 0 Å². The van der Waals surface area contributed by atoms with Crippen molar-refractivity contribution in [1.29, 1.82) is 0 Å². The molecule has 0 saturated heterocycles. The molecule has 1 aliphatic rings. The largest absolute Gasteiger partial charge is 0.493 e. The van der Waals surface area contributed by atoms with Crippen molar-refractivity contribution in [3.8, 4) is 11.5 Å². The van der Waals surface area contributed by atoms with Crippen molar-refractivity contribution in [1.82, 2.24) is 0 Å². The van der Waals surface area contributed by atoms with E-state index in [1.807, 2.05) is 18.2 Å². The standard InChI is InChI=1S/C14H21NO3/c1-17-12-6-5-10(7-13(12)18-2)11(8-15)14(16)9-3-4-9/h5-7,9,11,14,16H,3-4,8,15H2,1-2H3. The minimum atomic E-state index is -0.354. The van der Waals surface area contributed by atoms with Crippen LogP contribution in [0.1, 0.15) is 24.3 Å². The van der Waals surface area contributed by atoms with Gasteiger partial charge in [0.2, 0.25) is 0 Å². The molecule has 3 N–H and O–H groups in total. The second-order valence-corrected chi connectivity index (χ2v) is 4.78. The highest BCUT2D eigenvalue weighted by atomic mass is 16.5. The molecule has 0 bridgehead atoms. The summed E-state index contributed by atoms with van der Waals surface area (Å²) in [5, 5.41) is 10.2. The van der Waals surface area contributed by atoms with Crippen molar-refractivity contribution in [3.63, 3.8) is 0 Å². The van der Waals surface area contributed by atoms with Gasteiger partial charge in [-0.25, -0.2) is 0 Å². The van der Waals surface area contributed by atoms with E-state index < -0.39 is 0 Å². The molecule has 0 heterocycles. The number of rotatable bonds is 6.